The van der Waals surface area contributed by atoms with Crippen molar-refractivity contribution in [2.24, 2.45) is 0 Å². The normalized spacial score (nSPS) is 11.1. The molecule has 24 heavy (non-hydrogen) atoms. The van der Waals surface area contributed by atoms with Crippen LogP contribution in [0.4, 0.5) is 0 Å². The molecule has 126 valence electrons. The summed E-state index contributed by atoms with van der Waals surface area (Å²) in [7, 11) is 0. The fourth-order valence-corrected chi connectivity index (χ4v) is 2.45. The summed E-state index contributed by atoms with van der Waals surface area (Å²) in [6, 6.07) is 7.22. The highest BCUT2D eigenvalue weighted by atomic mass is 32.1. The van der Waals surface area contributed by atoms with E-state index < -0.39 is 0 Å². The van der Waals surface area contributed by atoms with Gasteiger partial charge in [0.1, 0.15) is 16.4 Å². The second kappa shape index (κ2) is 8.94. The monoisotopic (exact) mass is 344 g/mol. The number of carbonyl (C=O) groups is 1. The summed E-state index contributed by atoms with van der Waals surface area (Å²) in [5.41, 5.74) is 0. The van der Waals surface area contributed by atoms with Crippen molar-refractivity contribution in [2.75, 3.05) is 6.61 Å². The van der Waals surface area contributed by atoms with E-state index in [9.17, 15) is 4.79 Å². The van der Waals surface area contributed by atoms with Gasteiger partial charge in [0, 0.05) is 6.92 Å². The Bertz CT molecular complexity index is 729. The SMILES string of the molecule is CCCOc1ccc(Oc2ncc(C#C[C@H](C)NC(C)=O)s2)cc1. The Kier molecular flexibility index (Phi) is 6.64. The number of nitrogens with zero attached hydrogens (tertiary/aromatic N) is 1. The Morgan fingerprint density at radius 1 is 1.33 bits per heavy atom. The lowest BCUT2D eigenvalue weighted by Crippen LogP contribution is -2.28. The third-order valence-electron chi connectivity index (χ3n) is 2.82. The molecule has 1 aromatic carbocycles. The predicted molar refractivity (Wildman–Crippen MR) is 94.6 cm³/mol. The van der Waals surface area contributed by atoms with Gasteiger partial charge in [-0.2, -0.15) is 0 Å². The molecule has 0 bridgehead atoms. The number of aromatic nitrogens is 1. The smallest absolute Gasteiger partial charge is 0.279 e. The second-order valence-electron chi connectivity index (χ2n) is 5.10. The van der Waals surface area contributed by atoms with E-state index in [4.69, 9.17) is 9.47 Å². The lowest BCUT2D eigenvalue weighted by Gasteiger charge is -2.05. The van der Waals surface area contributed by atoms with Gasteiger partial charge in [0.25, 0.3) is 5.19 Å². The number of carbonyl (C=O) groups excluding carboxylic acids is 1. The molecule has 0 spiro atoms. The Morgan fingerprint density at radius 3 is 2.71 bits per heavy atom. The van der Waals surface area contributed by atoms with Crippen molar-refractivity contribution in [1.82, 2.24) is 10.3 Å². The summed E-state index contributed by atoms with van der Waals surface area (Å²) in [4.78, 5) is 15.9. The summed E-state index contributed by atoms with van der Waals surface area (Å²) >= 11 is 1.36. The van der Waals surface area contributed by atoms with E-state index in [0.29, 0.717) is 17.6 Å². The molecule has 2 rings (SSSR count). The molecule has 0 aliphatic carbocycles. The van der Waals surface area contributed by atoms with Crippen molar-refractivity contribution in [3.05, 3.63) is 35.3 Å². The third kappa shape index (κ3) is 5.94. The first kappa shape index (κ1) is 17.8. The first-order valence-electron chi connectivity index (χ1n) is 7.72. The van der Waals surface area contributed by atoms with Crippen LogP contribution in [0.5, 0.6) is 16.7 Å². The molecule has 0 aliphatic rings. The summed E-state index contributed by atoms with van der Waals surface area (Å²) in [5, 5.41) is 3.23. The minimum Gasteiger partial charge on any atom is -0.494 e. The fraction of sp³-hybridized carbons (Fsp3) is 0.333. The molecule has 6 heteroatoms. The maximum Gasteiger partial charge on any atom is 0.279 e. The van der Waals surface area contributed by atoms with Gasteiger partial charge in [0.15, 0.2) is 0 Å². The molecular formula is C18H20N2O3S. The van der Waals surface area contributed by atoms with Gasteiger partial charge >= 0.3 is 0 Å². The largest absolute Gasteiger partial charge is 0.494 e. The van der Waals surface area contributed by atoms with Crippen LogP contribution in [-0.4, -0.2) is 23.5 Å². The molecule has 1 aromatic heterocycles. The van der Waals surface area contributed by atoms with Crippen molar-refractivity contribution >= 4 is 17.2 Å². The van der Waals surface area contributed by atoms with E-state index in [1.165, 1.54) is 18.3 Å². The topological polar surface area (TPSA) is 60.5 Å². The molecule has 0 radical (unpaired) electrons. The van der Waals surface area contributed by atoms with E-state index in [1.807, 2.05) is 31.2 Å². The zero-order chi connectivity index (χ0) is 17.4. The van der Waals surface area contributed by atoms with Gasteiger partial charge in [-0.25, -0.2) is 4.98 Å². The van der Waals surface area contributed by atoms with Crippen LogP contribution in [-0.2, 0) is 4.79 Å². The average molecular weight is 344 g/mol. The van der Waals surface area contributed by atoms with Crippen LogP contribution < -0.4 is 14.8 Å². The molecule has 0 fully saturated rings. The number of nitrogens with one attached hydrogen (secondary N) is 1. The van der Waals surface area contributed by atoms with E-state index in [0.717, 1.165) is 17.0 Å². The van der Waals surface area contributed by atoms with Gasteiger partial charge in [-0.05, 0) is 37.6 Å². The molecule has 1 N–H and O–H groups in total. The van der Waals surface area contributed by atoms with Gasteiger partial charge in [-0.3, -0.25) is 4.79 Å². The van der Waals surface area contributed by atoms with E-state index >= 15 is 0 Å². The van der Waals surface area contributed by atoms with Crippen molar-refractivity contribution in [1.29, 1.82) is 0 Å². The zero-order valence-corrected chi connectivity index (χ0v) is 14.8. The maximum absolute atomic E-state index is 10.9. The predicted octanol–water partition coefficient (Wildman–Crippen LogP) is 3.60. The third-order valence-corrected chi connectivity index (χ3v) is 3.61. The van der Waals surface area contributed by atoms with Crippen LogP contribution >= 0.6 is 11.3 Å². The summed E-state index contributed by atoms with van der Waals surface area (Å²) in [6.45, 7) is 6.06. The number of ether oxygens (including phenoxy) is 2. The standard InChI is InChI=1S/C18H20N2O3S/c1-4-11-22-15-6-8-16(9-7-15)23-18-19-12-17(24-18)10-5-13(2)20-14(3)21/h6-9,12-13H,4,11H2,1-3H3,(H,20,21)/t13-/m0/s1. The first-order valence-corrected chi connectivity index (χ1v) is 8.53. The Morgan fingerprint density at radius 2 is 2.04 bits per heavy atom. The highest BCUT2D eigenvalue weighted by Gasteiger charge is 2.04. The minimum absolute atomic E-state index is 0.100. The number of amides is 1. The quantitative estimate of drug-likeness (QED) is 0.814. The number of rotatable bonds is 6. The average Bonchev–Trinajstić information content (AvgIpc) is 2.99. The van der Waals surface area contributed by atoms with Crippen molar-refractivity contribution in [2.45, 2.75) is 33.2 Å². The molecule has 2 aromatic rings. The number of hydrogen-bond acceptors (Lipinski definition) is 5. The van der Waals surface area contributed by atoms with Gasteiger partial charge < -0.3 is 14.8 Å². The van der Waals surface area contributed by atoms with Crippen LogP contribution in [0.1, 0.15) is 32.1 Å². The van der Waals surface area contributed by atoms with Gasteiger partial charge in [0.05, 0.1) is 18.8 Å². The molecule has 0 aliphatic heterocycles. The Balaban J connectivity index is 1.94. The molecule has 0 saturated heterocycles. The van der Waals surface area contributed by atoms with Crippen molar-refractivity contribution < 1.29 is 14.3 Å². The fourth-order valence-electron chi connectivity index (χ4n) is 1.81. The molecule has 5 nitrogen and oxygen atoms in total. The summed E-state index contributed by atoms with van der Waals surface area (Å²) < 4.78 is 11.2. The van der Waals surface area contributed by atoms with Crippen LogP contribution in [0.2, 0.25) is 0 Å². The van der Waals surface area contributed by atoms with Crippen molar-refractivity contribution in [3.8, 4) is 28.5 Å². The van der Waals surface area contributed by atoms with Crippen LogP contribution in [0.3, 0.4) is 0 Å². The molecule has 1 heterocycles. The molecule has 1 atom stereocenters. The summed E-state index contributed by atoms with van der Waals surface area (Å²) in [5.74, 6) is 7.34. The molecular weight excluding hydrogens is 324 g/mol. The van der Waals surface area contributed by atoms with Gasteiger partial charge in [0.2, 0.25) is 5.91 Å². The minimum atomic E-state index is -0.204. The van der Waals surface area contributed by atoms with Crippen LogP contribution in [0, 0.1) is 11.8 Å². The second-order valence-corrected chi connectivity index (χ2v) is 6.10. The van der Waals surface area contributed by atoms with Crippen molar-refractivity contribution in [3.63, 3.8) is 0 Å². The lowest BCUT2D eigenvalue weighted by atomic mass is 10.3. The highest BCUT2D eigenvalue weighted by molar-refractivity contribution is 7.13. The number of thiazole rings is 1. The van der Waals surface area contributed by atoms with Gasteiger partial charge in [-0.15, -0.1) is 0 Å². The Labute approximate surface area is 146 Å². The van der Waals surface area contributed by atoms with E-state index in [1.54, 1.807) is 6.20 Å². The van der Waals surface area contributed by atoms with Crippen LogP contribution in [0.25, 0.3) is 0 Å². The first-order chi connectivity index (χ1) is 11.6. The molecule has 0 unspecified atom stereocenters. The highest BCUT2D eigenvalue weighted by Crippen LogP contribution is 2.27. The number of benzene rings is 1. The van der Waals surface area contributed by atoms with E-state index in [-0.39, 0.29) is 11.9 Å². The number of hydrogen-bond donors (Lipinski definition) is 1. The van der Waals surface area contributed by atoms with Gasteiger partial charge in [-0.1, -0.05) is 30.1 Å². The van der Waals surface area contributed by atoms with E-state index in [2.05, 4.69) is 29.1 Å². The maximum atomic E-state index is 10.9. The molecule has 1 amide bonds. The Hall–Kier alpha value is -2.52. The molecule has 0 saturated carbocycles. The lowest BCUT2D eigenvalue weighted by molar-refractivity contribution is -0.119. The summed E-state index contributed by atoms with van der Waals surface area (Å²) in [6.07, 6.45) is 2.63. The zero-order valence-electron chi connectivity index (χ0n) is 14.0. The van der Waals surface area contributed by atoms with Crippen LogP contribution in [0.15, 0.2) is 30.5 Å².